The normalized spacial score (nSPS) is 18.5. The predicted molar refractivity (Wildman–Crippen MR) is 141 cm³/mol. The quantitative estimate of drug-likeness (QED) is 0.478. The van der Waals surface area contributed by atoms with E-state index < -0.39 is 38.3 Å². The van der Waals surface area contributed by atoms with E-state index >= 15 is 0 Å². The fraction of sp³-hybridized carbons (Fsp3) is 0.654. The van der Waals surface area contributed by atoms with Crippen molar-refractivity contribution in [3.63, 3.8) is 0 Å². The Bertz CT molecular complexity index is 1060. The van der Waals surface area contributed by atoms with Crippen LogP contribution in [-0.2, 0) is 25.1 Å². The summed E-state index contributed by atoms with van der Waals surface area (Å²) in [6, 6.07) is 8.05. The molecule has 188 valence electrons. The molecule has 0 bridgehead atoms. The Hall–Kier alpha value is -1.61. The van der Waals surface area contributed by atoms with Crippen LogP contribution >= 0.6 is 0 Å². The van der Waals surface area contributed by atoms with Crippen LogP contribution in [0.2, 0.25) is 18.1 Å². The van der Waals surface area contributed by atoms with Crippen molar-refractivity contribution in [3.05, 3.63) is 29.8 Å². The molecule has 0 spiro atoms. The van der Waals surface area contributed by atoms with Crippen molar-refractivity contribution in [3.8, 4) is 0 Å². The summed E-state index contributed by atoms with van der Waals surface area (Å²) in [6.07, 6.45) is -0.449. The molecule has 1 saturated heterocycles. The van der Waals surface area contributed by atoms with E-state index in [9.17, 15) is 4.79 Å². The van der Waals surface area contributed by atoms with Gasteiger partial charge in [0.2, 0.25) is 0 Å². The van der Waals surface area contributed by atoms with E-state index in [0.717, 1.165) is 16.5 Å². The second kappa shape index (κ2) is 8.50. The van der Waals surface area contributed by atoms with E-state index in [1.54, 1.807) is 4.57 Å². The SMILES string of the molecule is CC(C)(C)OC(=O)n1c(B2OC(C)(C)C(C)(C)O2)cc2ccc(CO[Si](C)(C)C(C)(C)C)cc21. The summed E-state index contributed by atoms with van der Waals surface area (Å²) in [7, 11) is -2.59. The van der Waals surface area contributed by atoms with E-state index in [0.29, 0.717) is 12.2 Å². The van der Waals surface area contributed by atoms with Crippen molar-refractivity contribution in [2.24, 2.45) is 0 Å². The fourth-order valence-corrected chi connectivity index (χ4v) is 4.45. The van der Waals surface area contributed by atoms with Gasteiger partial charge in [-0.25, -0.2) is 4.79 Å². The lowest BCUT2D eigenvalue weighted by molar-refractivity contribution is 0.00578. The summed E-state index contributed by atoms with van der Waals surface area (Å²) in [5.74, 6) is 0. The standard InChI is InChI=1S/C26H42BNO5Si/c1-23(2,3)31-22(29)28-20-15-18(17-30-34(11,12)24(4,5)6)13-14-19(20)16-21(28)27-32-25(7,8)26(9,10)33-27/h13-16H,17H2,1-12H3. The number of carbonyl (C=O) groups excluding carboxylic acids is 1. The molecule has 0 N–H and O–H groups in total. The Morgan fingerprint density at radius 3 is 2.06 bits per heavy atom. The van der Waals surface area contributed by atoms with Gasteiger partial charge in [-0.2, -0.15) is 0 Å². The Labute approximate surface area is 206 Å². The van der Waals surface area contributed by atoms with Gasteiger partial charge < -0.3 is 18.5 Å². The summed E-state index contributed by atoms with van der Waals surface area (Å²) in [4.78, 5) is 13.4. The number of aromatic nitrogens is 1. The van der Waals surface area contributed by atoms with Gasteiger partial charge in [0, 0.05) is 0 Å². The van der Waals surface area contributed by atoms with Crippen LogP contribution in [0.3, 0.4) is 0 Å². The van der Waals surface area contributed by atoms with Gasteiger partial charge in [0.25, 0.3) is 0 Å². The van der Waals surface area contributed by atoms with Gasteiger partial charge in [-0.1, -0.05) is 32.9 Å². The number of carbonyl (C=O) groups is 1. The van der Waals surface area contributed by atoms with Gasteiger partial charge in [-0.3, -0.25) is 4.57 Å². The third-order valence-electron chi connectivity index (χ3n) is 7.37. The van der Waals surface area contributed by atoms with Gasteiger partial charge in [0.15, 0.2) is 8.32 Å². The lowest BCUT2D eigenvalue weighted by Crippen LogP contribution is -2.43. The van der Waals surface area contributed by atoms with Crippen LogP contribution in [0.1, 0.15) is 74.8 Å². The largest absolute Gasteiger partial charge is 0.513 e. The van der Waals surface area contributed by atoms with Crippen molar-refractivity contribution in [2.45, 2.75) is 111 Å². The van der Waals surface area contributed by atoms with Crippen LogP contribution in [0.15, 0.2) is 24.3 Å². The maximum atomic E-state index is 13.4. The second-order valence-corrected chi connectivity index (χ2v) is 17.7. The van der Waals surface area contributed by atoms with Crippen molar-refractivity contribution in [2.75, 3.05) is 0 Å². The molecule has 0 saturated carbocycles. The first-order valence-electron chi connectivity index (χ1n) is 12.1. The van der Waals surface area contributed by atoms with Crippen molar-refractivity contribution in [1.29, 1.82) is 0 Å². The third kappa shape index (κ3) is 5.30. The molecule has 3 rings (SSSR count). The Morgan fingerprint density at radius 2 is 1.56 bits per heavy atom. The Balaban J connectivity index is 2.05. The average Bonchev–Trinajstić information content (AvgIpc) is 3.11. The van der Waals surface area contributed by atoms with Gasteiger partial charge in [0.1, 0.15) is 5.60 Å². The molecular formula is C26H42BNO5Si. The number of ether oxygens (including phenoxy) is 1. The summed E-state index contributed by atoms with van der Waals surface area (Å²) in [5, 5.41) is 1.05. The van der Waals surface area contributed by atoms with E-state index in [2.05, 4.69) is 39.9 Å². The highest BCUT2D eigenvalue weighted by atomic mass is 28.4. The summed E-state index contributed by atoms with van der Waals surface area (Å²) >= 11 is 0. The molecule has 0 unspecified atom stereocenters. The Kier molecular flexibility index (Phi) is 6.75. The molecule has 8 heteroatoms. The molecular weight excluding hydrogens is 445 g/mol. The highest BCUT2D eigenvalue weighted by molar-refractivity contribution is 6.74. The molecule has 0 radical (unpaired) electrons. The number of rotatable bonds is 4. The molecule has 0 atom stereocenters. The van der Waals surface area contributed by atoms with Crippen LogP contribution in [0.5, 0.6) is 0 Å². The zero-order valence-corrected chi connectivity index (χ0v) is 24.1. The lowest BCUT2D eigenvalue weighted by atomic mass is 9.84. The molecule has 0 amide bonds. The van der Waals surface area contributed by atoms with Crippen LogP contribution in [0.25, 0.3) is 10.9 Å². The number of benzene rings is 1. The molecule has 2 aromatic rings. The minimum atomic E-state index is -1.91. The first-order chi connectivity index (χ1) is 15.2. The number of hydrogen-bond donors (Lipinski definition) is 0. The van der Waals surface area contributed by atoms with E-state index in [4.69, 9.17) is 18.5 Å². The topological polar surface area (TPSA) is 58.9 Å². The number of nitrogens with zero attached hydrogens (tertiary/aromatic N) is 1. The molecule has 0 aliphatic carbocycles. The van der Waals surface area contributed by atoms with Crippen LogP contribution in [0, 0.1) is 0 Å². The first-order valence-corrected chi connectivity index (χ1v) is 15.0. The zero-order valence-electron chi connectivity index (χ0n) is 23.1. The number of hydrogen-bond acceptors (Lipinski definition) is 5. The third-order valence-corrected chi connectivity index (χ3v) is 11.9. The molecule has 6 nitrogen and oxygen atoms in total. The molecule has 1 aromatic carbocycles. The van der Waals surface area contributed by atoms with Crippen LogP contribution < -0.4 is 5.59 Å². The van der Waals surface area contributed by atoms with E-state index in [-0.39, 0.29) is 5.04 Å². The van der Waals surface area contributed by atoms with E-state index in [1.807, 2.05) is 66.7 Å². The maximum absolute atomic E-state index is 13.4. The minimum absolute atomic E-state index is 0.123. The monoisotopic (exact) mass is 487 g/mol. The zero-order chi connectivity index (χ0) is 25.9. The minimum Gasteiger partial charge on any atom is -0.443 e. The fourth-order valence-electron chi connectivity index (χ4n) is 3.49. The van der Waals surface area contributed by atoms with Gasteiger partial charge in [0.05, 0.1) is 28.9 Å². The highest BCUT2D eigenvalue weighted by Crippen LogP contribution is 2.38. The molecule has 1 aromatic heterocycles. The van der Waals surface area contributed by atoms with Crippen LogP contribution in [0.4, 0.5) is 4.79 Å². The van der Waals surface area contributed by atoms with Crippen molar-refractivity contribution >= 4 is 38.0 Å². The lowest BCUT2D eigenvalue weighted by Gasteiger charge is -2.36. The molecule has 1 fully saturated rings. The average molecular weight is 488 g/mol. The molecule has 2 heterocycles. The Morgan fingerprint density at radius 1 is 1.00 bits per heavy atom. The van der Waals surface area contributed by atoms with Gasteiger partial charge in [-0.15, -0.1) is 0 Å². The van der Waals surface area contributed by atoms with E-state index in [1.165, 1.54) is 0 Å². The second-order valence-electron chi connectivity index (χ2n) is 12.9. The molecule has 1 aliphatic heterocycles. The van der Waals surface area contributed by atoms with Crippen molar-refractivity contribution < 1.29 is 23.3 Å². The first kappa shape index (κ1) is 27.0. The summed E-state index contributed by atoms with van der Waals surface area (Å²) in [5.41, 5.74) is 0.731. The number of fused-ring (bicyclic) bond motifs is 1. The molecule has 34 heavy (non-hydrogen) atoms. The predicted octanol–water partition coefficient (Wildman–Crippen LogP) is 6.25. The van der Waals surface area contributed by atoms with Gasteiger partial charge >= 0.3 is 13.2 Å². The summed E-state index contributed by atoms with van der Waals surface area (Å²) < 4.78 is 26.4. The smallest absolute Gasteiger partial charge is 0.443 e. The van der Waals surface area contributed by atoms with Crippen LogP contribution in [-0.4, -0.2) is 42.9 Å². The van der Waals surface area contributed by atoms with Gasteiger partial charge in [-0.05, 0) is 89.7 Å². The van der Waals surface area contributed by atoms with Crippen molar-refractivity contribution in [1.82, 2.24) is 4.57 Å². The molecule has 1 aliphatic rings. The maximum Gasteiger partial charge on any atom is 0.513 e. The highest BCUT2D eigenvalue weighted by Gasteiger charge is 2.53. The summed E-state index contributed by atoms with van der Waals surface area (Å²) in [6.45, 7) is 25.3.